The molecule has 0 atom stereocenters. The zero-order valence-corrected chi connectivity index (χ0v) is 8.77. The molecular formula is C9H17BrO. The number of ether oxygens (including phenoxy) is 1. The van der Waals surface area contributed by atoms with E-state index < -0.39 is 0 Å². The van der Waals surface area contributed by atoms with Gasteiger partial charge in [-0.25, -0.2) is 0 Å². The predicted octanol–water partition coefficient (Wildman–Crippen LogP) is 2.98. The summed E-state index contributed by atoms with van der Waals surface area (Å²) < 4.78 is 5.63. The molecule has 0 aromatic carbocycles. The molecule has 2 heteroatoms. The van der Waals surface area contributed by atoms with E-state index in [4.69, 9.17) is 4.74 Å². The van der Waals surface area contributed by atoms with Crippen molar-refractivity contribution in [1.29, 1.82) is 0 Å². The maximum atomic E-state index is 5.63. The maximum absolute atomic E-state index is 5.63. The molecule has 0 saturated heterocycles. The van der Waals surface area contributed by atoms with Crippen LogP contribution in [0.1, 0.15) is 32.6 Å². The van der Waals surface area contributed by atoms with Crippen LogP contribution in [0, 0.1) is 5.92 Å². The fraction of sp³-hybridized carbons (Fsp3) is 1.00. The summed E-state index contributed by atoms with van der Waals surface area (Å²) in [7, 11) is 0. The largest absolute Gasteiger partial charge is 0.377 e. The molecular weight excluding hydrogens is 204 g/mol. The summed E-state index contributed by atoms with van der Waals surface area (Å²) >= 11 is 3.36. The summed E-state index contributed by atoms with van der Waals surface area (Å²) in [6.07, 6.45) is 5.81. The van der Waals surface area contributed by atoms with Gasteiger partial charge in [-0.1, -0.05) is 22.9 Å². The van der Waals surface area contributed by atoms with Crippen molar-refractivity contribution in [3.05, 3.63) is 0 Å². The van der Waals surface area contributed by atoms with Crippen LogP contribution in [-0.4, -0.2) is 18.0 Å². The van der Waals surface area contributed by atoms with E-state index >= 15 is 0 Å². The molecule has 1 aliphatic carbocycles. The summed E-state index contributed by atoms with van der Waals surface area (Å²) in [6, 6.07) is 0. The lowest BCUT2D eigenvalue weighted by Gasteiger charge is -2.25. The fourth-order valence-corrected chi connectivity index (χ4v) is 1.79. The van der Waals surface area contributed by atoms with Gasteiger partial charge in [0, 0.05) is 5.33 Å². The minimum Gasteiger partial charge on any atom is -0.377 e. The molecule has 0 N–H and O–H groups in total. The van der Waals surface area contributed by atoms with Gasteiger partial charge < -0.3 is 4.74 Å². The number of hydrogen-bond donors (Lipinski definition) is 0. The van der Waals surface area contributed by atoms with E-state index in [1.807, 2.05) is 0 Å². The second-order valence-corrected chi connectivity index (χ2v) is 4.23. The number of alkyl halides is 1. The molecule has 0 aliphatic heterocycles. The molecule has 0 aromatic rings. The molecule has 0 unspecified atom stereocenters. The first-order chi connectivity index (χ1) is 5.33. The van der Waals surface area contributed by atoms with Crippen LogP contribution in [0.3, 0.4) is 0 Å². The summed E-state index contributed by atoms with van der Waals surface area (Å²) in [4.78, 5) is 0. The highest BCUT2D eigenvalue weighted by atomic mass is 79.9. The Morgan fingerprint density at radius 1 is 1.27 bits per heavy atom. The Labute approximate surface area is 77.6 Å². The minimum atomic E-state index is 0.559. The van der Waals surface area contributed by atoms with E-state index in [0.717, 1.165) is 17.9 Å². The van der Waals surface area contributed by atoms with Crippen molar-refractivity contribution >= 4 is 15.9 Å². The van der Waals surface area contributed by atoms with Crippen LogP contribution in [0.5, 0.6) is 0 Å². The quantitative estimate of drug-likeness (QED) is 0.665. The Morgan fingerprint density at radius 3 is 2.45 bits per heavy atom. The summed E-state index contributed by atoms with van der Waals surface area (Å²) in [5, 5.41) is 0.971. The number of hydrogen-bond acceptors (Lipinski definition) is 1. The van der Waals surface area contributed by atoms with Crippen molar-refractivity contribution in [2.45, 2.75) is 38.7 Å². The van der Waals surface area contributed by atoms with Gasteiger partial charge in [0.25, 0.3) is 0 Å². The van der Waals surface area contributed by atoms with E-state index in [-0.39, 0.29) is 0 Å². The van der Waals surface area contributed by atoms with Crippen molar-refractivity contribution in [1.82, 2.24) is 0 Å². The predicted molar refractivity (Wildman–Crippen MR) is 51.2 cm³/mol. The third kappa shape index (κ3) is 3.57. The van der Waals surface area contributed by atoms with Gasteiger partial charge in [-0.15, -0.1) is 0 Å². The smallest absolute Gasteiger partial charge is 0.0575 e. The van der Waals surface area contributed by atoms with Crippen LogP contribution in [-0.2, 0) is 4.74 Å². The van der Waals surface area contributed by atoms with Crippen molar-refractivity contribution < 1.29 is 4.74 Å². The highest BCUT2D eigenvalue weighted by Gasteiger charge is 2.17. The van der Waals surface area contributed by atoms with Crippen LogP contribution in [0.4, 0.5) is 0 Å². The van der Waals surface area contributed by atoms with Gasteiger partial charge in [0.2, 0.25) is 0 Å². The van der Waals surface area contributed by atoms with Gasteiger partial charge >= 0.3 is 0 Å². The molecule has 1 saturated carbocycles. The average Bonchev–Trinajstić information content (AvgIpc) is 2.04. The first-order valence-corrected chi connectivity index (χ1v) is 5.62. The normalized spacial score (nSPS) is 32.2. The third-order valence-corrected chi connectivity index (χ3v) is 2.72. The van der Waals surface area contributed by atoms with E-state index in [2.05, 4.69) is 22.9 Å². The Morgan fingerprint density at radius 2 is 1.91 bits per heavy atom. The van der Waals surface area contributed by atoms with Crippen LogP contribution in [0.15, 0.2) is 0 Å². The van der Waals surface area contributed by atoms with Crippen LogP contribution >= 0.6 is 15.9 Å². The zero-order valence-electron chi connectivity index (χ0n) is 7.18. The maximum Gasteiger partial charge on any atom is 0.0575 e. The summed E-state index contributed by atoms with van der Waals surface area (Å²) in [5.41, 5.74) is 0. The molecule has 1 nitrogen and oxygen atoms in total. The van der Waals surface area contributed by atoms with E-state index in [1.165, 1.54) is 25.7 Å². The molecule has 0 aromatic heterocycles. The molecule has 0 bridgehead atoms. The standard InChI is InChI=1S/C9H17BrO/c1-8-2-4-9(5-3-8)11-7-6-10/h8-9H,2-7H2,1H3. The van der Waals surface area contributed by atoms with Gasteiger partial charge in [-0.3, -0.25) is 0 Å². The van der Waals surface area contributed by atoms with Crippen molar-refractivity contribution in [3.63, 3.8) is 0 Å². The number of halogens is 1. The van der Waals surface area contributed by atoms with E-state index in [9.17, 15) is 0 Å². The zero-order chi connectivity index (χ0) is 8.10. The van der Waals surface area contributed by atoms with Gasteiger partial charge in [-0.05, 0) is 31.6 Å². The molecule has 11 heavy (non-hydrogen) atoms. The molecule has 1 fully saturated rings. The molecule has 0 heterocycles. The van der Waals surface area contributed by atoms with Crippen LogP contribution in [0.25, 0.3) is 0 Å². The van der Waals surface area contributed by atoms with E-state index in [1.54, 1.807) is 0 Å². The van der Waals surface area contributed by atoms with Crippen molar-refractivity contribution in [2.75, 3.05) is 11.9 Å². The first kappa shape index (κ1) is 9.53. The molecule has 0 spiro atoms. The lowest BCUT2D eigenvalue weighted by atomic mass is 9.89. The van der Waals surface area contributed by atoms with Crippen molar-refractivity contribution in [2.24, 2.45) is 5.92 Å². The lowest BCUT2D eigenvalue weighted by molar-refractivity contribution is 0.0295. The fourth-order valence-electron chi connectivity index (χ4n) is 1.61. The van der Waals surface area contributed by atoms with Crippen molar-refractivity contribution in [3.8, 4) is 0 Å². The third-order valence-electron chi connectivity index (χ3n) is 2.39. The van der Waals surface area contributed by atoms with Gasteiger partial charge in [0.1, 0.15) is 0 Å². The second-order valence-electron chi connectivity index (χ2n) is 3.44. The Hall–Kier alpha value is 0.440. The SMILES string of the molecule is CC1CCC(OCCBr)CC1. The molecule has 1 rings (SSSR count). The summed E-state index contributed by atoms with van der Waals surface area (Å²) in [6.45, 7) is 3.21. The number of rotatable bonds is 3. The van der Waals surface area contributed by atoms with Gasteiger partial charge in [0.15, 0.2) is 0 Å². The Balaban J connectivity index is 2.07. The monoisotopic (exact) mass is 220 g/mol. The van der Waals surface area contributed by atoms with Crippen LogP contribution in [0.2, 0.25) is 0 Å². The first-order valence-electron chi connectivity index (χ1n) is 4.50. The molecule has 66 valence electrons. The van der Waals surface area contributed by atoms with Crippen LogP contribution < -0.4 is 0 Å². The lowest BCUT2D eigenvalue weighted by Crippen LogP contribution is -2.21. The highest BCUT2D eigenvalue weighted by Crippen LogP contribution is 2.25. The Bertz CT molecular complexity index is 95.0. The van der Waals surface area contributed by atoms with E-state index in [0.29, 0.717) is 6.10 Å². The molecule has 0 amide bonds. The molecule has 1 aliphatic rings. The average molecular weight is 221 g/mol. The topological polar surface area (TPSA) is 9.23 Å². The highest BCUT2D eigenvalue weighted by molar-refractivity contribution is 9.09. The minimum absolute atomic E-state index is 0.559. The van der Waals surface area contributed by atoms with Gasteiger partial charge in [-0.2, -0.15) is 0 Å². The second kappa shape index (κ2) is 5.15. The summed E-state index contributed by atoms with van der Waals surface area (Å²) in [5.74, 6) is 0.929. The van der Waals surface area contributed by atoms with Gasteiger partial charge in [0.05, 0.1) is 12.7 Å². The molecule has 0 radical (unpaired) electrons. The Kier molecular flexibility index (Phi) is 4.46.